The van der Waals surface area contributed by atoms with Crippen molar-refractivity contribution >= 4 is 5.97 Å². The Hall–Kier alpha value is -0.610. The van der Waals surface area contributed by atoms with Gasteiger partial charge in [-0.1, -0.05) is 0 Å². The van der Waals surface area contributed by atoms with Crippen molar-refractivity contribution in [2.45, 2.75) is 39.3 Å². The number of hydrogen-bond donors (Lipinski definition) is 1. The van der Waals surface area contributed by atoms with Crippen LogP contribution in [0.4, 0.5) is 0 Å². The number of ether oxygens (including phenoxy) is 2. The smallest absolute Gasteiger partial charge is 0.307 e. The van der Waals surface area contributed by atoms with Crippen molar-refractivity contribution < 1.29 is 14.3 Å². The molecule has 14 heavy (non-hydrogen) atoms. The summed E-state index contributed by atoms with van der Waals surface area (Å²) in [6.07, 6.45) is 0.396. The van der Waals surface area contributed by atoms with Crippen LogP contribution in [0.2, 0.25) is 0 Å². The number of nitrogens with one attached hydrogen (secondary N) is 1. The minimum absolute atomic E-state index is 0.123. The maximum absolute atomic E-state index is 10.9. The summed E-state index contributed by atoms with van der Waals surface area (Å²) < 4.78 is 9.82. The van der Waals surface area contributed by atoms with Gasteiger partial charge in [0.05, 0.1) is 20.1 Å². The van der Waals surface area contributed by atoms with Crippen LogP contribution in [0.3, 0.4) is 0 Å². The first kappa shape index (κ1) is 13.4. The monoisotopic (exact) mass is 203 g/mol. The second kappa shape index (κ2) is 7.76. The zero-order valence-corrected chi connectivity index (χ0v) is 9.50. The maximum atomic E-state index is 10.9. The summed E-state index contributed by atoms with van der Waals surface area (Å²) in [7, 11) is 1.40. The second-order valence-corrected chi connectivity index (χ2v) is 3.41. The van der Waals surface area contributed by atoms with E-state index in [2.05, 4.69) is 10.1 Å². The van der Waals surface area contributed by atoms with Gasteiger partial charge < -0.3 is 14.8 Å². The first-order chi connectivity index (χ1) is 6.60. The van der Waals surface area contributed by atoms with Gasteiger partial charge in [-0.3, -0.25) is 4.79 Å². The quantitative estimate of drug-likeness (QED) is 0.626. The summed E-state index contributed by atoms with van der Waals surface area (Å²) in [5.74, 6) is -0.186. The molecule has 0 radical (unpaired) electrons. The highest BCUT2D eigenvalue weighted by Gasteiger charge is 2.11. The van der Waals surface area contributed by atoms with Crippen molar-refractivity contribution in [2.75, 3.05) is 20.3 Å². The van der Waals surface area contributed by atoms with Crippen LogP contribution in [-0.4, -0.2) is 38.4 Å². The van der Waals surface area contributed by atoms with E-state index in [1.165, 1.54) is 7.11 Å². The highest BCUT2D eigenvalue weighted by molar-refractivity contribution is 5.69. The van der Waals surface area contributed by atoms with Gasteiger partial charge in [-0.15, -0.1) is 0 Å². The van der Waals surface area contributed by atoms with Crippen molar-refractivity contribution in [3.8, 4) is 0 Å². The Bertz CT molecular complexity index is 161. The molecule has 1 N–H and O–H groups in total. The number of carbonyl (C=O) groups is 1. The fourth-order valence-electron chi connectivity index (χ4n) is 1.22. The third kappa shape index (κ3) is 6.86. The first-order valence-corrected chi connectivity index (χ1v) is 5.00. The van der Waals surface area contributed by atoms with Crippen LogP contribution < -0.4 is 5.32 Å². The molecule has 0 aliphatic rings. The van der Waals surface area contributed by atoms with E-state index < -0.39 is 0 Å². The van der Waals surface area contributed by atoms with Crippen LogP contribution in [0.5, 0.6) is 0 Å². The molecule has 0 bridgehead atoms. The van der Waals surface area contributed by atoms with E-state index in [1.54, 1.807) is 0 Å². The summed E-state index contributed by atoms with van der Waals surface area (Å²) in [6, 6.07) is 0.382. The van der Waals surface area contributed by atoms with E-state index in [-0.39, 0.29) is 18.1 Å². The molecule has 2 atom stereocenters. The van der Waals surface area contributed by atoms with E-state index in [4.69, 9.17) is 4.74 Å². The summed E-state index contributed by atoms with van der Waals surface area (Å²) in [6.45, 7) is 7.34. The number of hydrogen-bond acceptors (Lipinski definition) is 4. The predicted molar refractivity (Wildman–Crippen MR) is 55.2 cm³/mol. The fraction of sp³-hybridized carbons (Fsp3) is 0.900. The van der Waals surface area contributed by atoms with Crippen molar-refractivity contribution in [3.63, 3.8) is 0 Å². The van der Waals surface area contributed by atoms with Gasteiger partial charge in [0.25, 0.3) is 0 Å². The maximum Gasteiger partial charge on any atom is 0.307 e. The molecule has 4 heteroatoms. The summed E-state index contributed by atoms with van der Waals surface area (Å²) in [5.41, 5.74) is 0. The number of methoxy groups -OCH3 is 1. The van der Waals surface area contributed by atoms with Crippen LogP contribution in [0.1, 0.15) is 27.2 Å². The van der Waals surface area contributed by atoms with Gasteiger partial charge in [-0.2, -0.15) is 0 Å². The Morgan fingerprint density at radius 1 is 1.36 bits per heavy atom. The molecular formula is C10H21NO3. The van der Waals surface area contributed by atoms with Crippen molar-refractivity contribution in [1.29, 1.82) is 0 Å². The van der Waals surface area contributed by atoms with E-state index in [9.17, 15) is 4.79 Å². The van der Waals surface area contributed by atoms with Gasteiger partial charge in [-0.25, -0.2) is 0 Å². The minimum atomic E-state index is -0.186. The Morgan fingerprint density at radius 2 is 2.00 bits per heavy atom. The standard InChI is InChI=1S/C10H21NO3/c1-5-14-7-9(3)11-8(2)6-10(12)13-4/h8-9,11H,5-7H2,1-4H3. The van der Waals surface area contributed by atoms with Gasteiger partial charge >= 0.3 is 5.97 Å². The van der Waals surface area contributed by atoms with Gasteiger partial charge in [-0.05, 0) is 20.8 Å². The molecule has 0 saturated carbocycles. The highest BCUT2D eigenvalue weighted by atomic mass is 16.5. The van der Waals surface area contributed by atoms with E-state index in [0.29, 0.717) is 13.0 Å². The second-order valence-electron chi connectivity index (χ2n) is 3.41. The van der Waals surface area contributed by atoms with Crippen LogP contribution >= 0.6 is 0 Å². The van der Waals surface area contributed by atoms with Crippen LogP contribution in [0.25, 0.3) is 0 Å². The number of rotatable bonds is 7. The number of carbonyl (C=O) groups excluding carboxylic acids is 1. The molecule has 0 aliphatic carbocycles. The van der Waals surface area contributed by atoms with Crippen molar-refractivity contribution in [3.05, 3.63) is 0 Å². The first-order valence-electron chi connectivity index (χ1n) is 5.00. The molecule has 0 heterocycles. The molecule has 84 valence electrons. The van der Waals surface area contributed by atoms with Gasteiger partial charge in [0.2, 0.25) is 0 Å². The van der Waals surface area contributed by atoms with Crippen LogP contribution in [-0.2, 0) is 14.3 Å². The Balaban J connectivity index is 3.59. The molecule has 0 aromatic heterocycles. The molecule has 0 amide bonds. The van der Waals surface area contributed by atoms with Crippen molar-refractivity contribution in [1.82, 2.24) is 5.32 Å². The lowest BCUT2D eigenvalue weighted by molar-refractivity contribution is -0.141. The molecule has 0 spiro atoms. The highest BCUT2D eigenvalue weighted by Crippen LogP contribution is 1.95. The largest absolute Gasteiger partial charge is 0.469 e. The normalized spacial score (nSPS) is 14.9. The Labute approximate surface area is 86.0 Å². The lowest BCUT2D eigenvalue weighted by Crippen LogP contribution is -2.38. The fourth-order valence-corrected chi connectivity index (χ4v) is 1.22. The zero-order chi connectivity index (χ0) is 11.0. The molecule has 0 fully saturated rings. The molecular weight excluding hydrogens is 182 g/mol. The lowest BCUT2D eigenvalue weighted by atomic mass is 10.2. The SMILES string of the molecule is CCOCC(C)NC(C)CC(=O)OC. The average molecular weight is 203 g/mol. The minimum Gasteiger partial charge on any atom is -0.469 e. The van der Waals surface area contributed by atoms with E-state index in [1.807, 2.05) is 20.8 Å². The molecule has 0 saturated heterocycles. The molecule has 0 aromatic rings. The average Bonchev–Trinajstić information content (AvgIpc) is 2.14. The van der Waals surface area contributed by atoms with Crippen LogP contribution in [0, 0.1) is 0 Å². The summed E-state index contributed by atoms with van der Waals surface area (Å²) >= 11 is 0. The van der Waals surface area contributed by atoms with E-state index >= 15 is 0 Å². The lowest BCUT2D eigenvalue weighted by Gasteiger charge is -2.18. The molecule has 4 nitrogen and oxygen atoms in total. The third-order valence-corrected chi connectivity index (χ3v) is 1.84. The number of esters is 1. The predicted octanol–water partition coefficient (Wildman–Crippen LogP) is 0.953. The van der Waals surface area contributed by atoms with Gasteiger partial charge in [0.1, 0.15) is 0 Å². The zero-order valence-electron chi connectivity index (χ0n) is 9.50. The Kier molecular flexibility index (Phi) is 7.42. The Morgan fingerprint density at radius 3 is 2.50 bits per heavy atom. The van der Waals surface area contributed by atoms with E-state index in [0.717, 1.165) is 6.61 Å². The summed E-state index contributed by atoms with van der Waals surface area (Å²) in [4.78, 5) is 10.9. The topological polar surface area (TPSA) is 47.6 Å². The molecule has 2 unspecified atom stereocenters. The van der Waals surface area contributed by atoms with Gasteiger partial charge in [0.15, 0.2) is 0 Å². The van der Waals surface area contributed by atoms with Gasteiger partial charge in [0, 0.05) is 18.7 Å². The third-order valence-electron chi connectivity index (χ3n) is 1.84. The molecule has 0 aliphatic heterocycles. The summed E-state index contributed by atoms with van der Waals surface area (Å²) in [5, 5.41) is 3.25. The molecule has 0 rings (SSSR count). The van der Waals surface area contributed by atoms with Crippen molar-refractivity contribution in [2.24, 2.45) is 0 Å². The molecule has 0 aromatic carbocycles. The van der Waals surface area contributed by atoms with Crippen LogP contribution in [0.15, 0.2) is 0 Å².